The van der Waals surface area contributed by atoms with Crippen molar-refractivity contribution in [3.05, 3.63) is 59.9 Å². The average Bonchev–Trinajstić information content (AvgIpc) is 2.67. The van der Waals surface area contributed by atoms with Crippen molar-refractivity contribution in [2.24, 2.45) is 0 Å². The molecule has 32 heavy (non-hydrogen) atoms. The van der Waals surface area contributed by atoms with Crippen LogP contribution >= 0.6 is 0 Å². The van der Waals surface area contributed by atoms with E-state index in [1.807, 2.05) is 0 Å². The predicted octanol–water partition coefficient (Wildman–Crippen LogP) is 4.39. The second-order valence-electron chi connectivity index (χ2n) is 6.10. The molecule has 2 aromatic carbocycles. The molecule has 1 amide bonds. The fraction of sp³-hybridized carbons (Fsp3) is 0.263. The molecule has 0 radical (unpaired) electrons. The van der Waals surface area contributed by atoms with E-state index < -0.39 is 59.5 Å². The summed E-state index contributed by atoms with van der Waals surface area (Å²) in [6, 6.07) is 6.94. The van der Waals surface area contributed by atoms with Gasteiger partial charge < -0.3 is 20.1 Å². The van der Waals surface area contributed by atoms with Crippen molar-refractivity contribution in [2.75, 3.05) is 11.9 Å². The van der Waals surface area contributed by atoms with E-state index in [1.165, 1.54) is 24.4 Å². The van der Waals surface area contributed by atoms with Crippen molar-refractivity contribution in [2.45, 2.75) is 25.1 Å². The van der Waals surface area contributed by atoms with Gasteiger partial charge in [0.2, 0.25) is 0 Å². The Morgan fingerprint density at radius 3 is 2.03 bits per heavy atom. The highest BCUT2D eigenvalue weighted by molar-refractivity contribution is 5.99. The number of nitrogens with one attached hydrogen (secondary N) is 2. The van der Waals surface area contributed by atoms with Crippen LogP contribution in [-0.2, 0) is 9.53 Å². The maximum absolute atomic E-state index is 14.1. The number of esters is 1. The molecule has 0 fully saturated rings. The normalized spacial score (nSPS) is 13.6. The summed E-state index contributed by atoms with van der Waals surface area (Å²) in [5, 5.41) is 3.15. The Morgan fingerprint density at radius 2 is 1.53 bits per heavy atom. The molecule has 174 valence electrons. The quantitative estimate of drug-likeness (QED) is 0.358. The van der Waals surface area contributed by atoms with Gasteiger partial charge in [-0.1, -0.05) is 12.1 Å². The number of benzene rings is 2. The van der Waals surface area contributed by atoms with Gasteiger partial charge in [-0.3, -0.25) is 4.79 Å². The van der Waals surface area contributed by atoms with Gasteiger partial charge in [0.15, 0.2) is 0 Å². The first-order valence-electron chi connectivity index (χ1n) is 8.74. The molecule has 13 heteroatoms. The number of rotatable bonds is 7. The van der Waals surface area contributed by atoms with E-state index in [2.05, 4.69) is 9.47 Å². The third-order valence-electron chi connectivity index (χ3n) is 3.85. The Bertz CT molecular complexity index is 961. The predicted molar refractivity (Wildman–Crippen MR) is 96.0 cm³/mol. The first-order chi connectivity index (χ1) is 14.8. The lowest BCUT2D eigenvalue weighted by Crippen LogP contribution is -2.69. The number of anilines is 1. The minimum absolute atomic E-state index is 0.508. The first kappa shape index (κ1) is 24.8. The summed E-state index contributed by atoms with van der Waals surface area (Å²) in [6.07, 6.45) is -10.6. The van der Waals surface area contributed by atoms with E-state index in [4.69, 9.17) is 0 Å². The molecule has 2 N–H and O–H groups in total. The van der Waals surface area contributed by atoms with Crippen LogP contribution in [0.1, 0.15) is 17.3 Å². The van der Waals surface area contributed by atoms with Crippen LogP contribution in [0, 0.1) is 5.82 Å². The highest BCUT2D eigenvalue weighted by atomic mass is 19.4. The Morgan fingerprint density at radius 1 is 0.938 bits per heavy atom. The fourth-order valence-corrected chi connectivity index (χ4v) is 2.47. The zero-order chi connectivity index (χ0) is 24.2. The lowest BCUT2D eigenvalue weighted by Gasteiger charge is -2.35. The summed E-state index contributed by atoms with van der Waals surface area (Å²) < 4.78 is 101. The van der Waals surface area contributed by atoms with Gasteiger partial charge in [0.05, 0.1) is 12.2 Å². The summed E-state index contributed by atoms with van der Waals surface area (Å²) >= 11 is 0. The van der Waals surface area contributed by atoms with Crippen molar-refractivity contribution in [1.82, 2.24) is 5.32 Å². The second kappa shape index (κ2) is 9.32. The molecule has 0 aliphatic heterocycles. The minimum atomic E-state index is -5.53. The highest BCUT2D eigenvalue weighted by Gasteiger charge is 2.63. The standard InChI is InChI=1S/C19H15F7N2O4/c1-2-31-16(30)17(18(21,22)23,28-15(29)13-5-3-4-6-14(13)20)27-11-7-9-12(10-8-11)32-19(24,25)26/h3-10,27H,2H2,1H3,(H,28,29)/t17-/m0/s1. The van der Waals surface area contributed by atoms with Gasteiger partial charge in [-0.2, -0.15) is 13.2 Å². The summed E-state index contributed by atoms with van der Waals surface area (Å²) in [5.74, 6) is -5.48. The van der Waals surface area contributed by atoms with Gasteiger partial charge >= 0.3 is 24.2 Å². The number of amides is 1. The molecule has 0 aromatic heterocycles. The van der Waals surface area contributed by atoms with Gasteiger partial charge in [0.25, 0.3) is 5.91 Å². The third kappa shape index (κ3) is 5.80. The zero-order valence-corrected chi connectivity index (χ0v) is 16.1. The van der Waals surface area contributed by atoms with E-state index >= 15 is 0 Å². The van der Waals surface area contributed by atoms with Crippen LogP contribution in [-0.4, -0.2) is 36.7 Å². The Balaban J connectivity index is 2.46. The summed E-state index contributed by atoms with van der Waals surface area (Å²) in [6.45, 7) is 0.702. The zero-order valence-electron chi connectivity index (χ0n) is 16.1. The molecule has 6 nitrogen and oxygen atoms in total. The number of halogens is 7. The van der Waals surface area contributed by atoms with Crippen molar-refractivity contribution >= 4 is 17.6 Å². The second-order valence-corrected chi connectivity index (χ2v) is 6.10. The van der Waals surface area contributed by atoms with Crippen LogP contribution in [0.5, 0.6) is 5.75 Å². The SMILES string of the molecule is CCOC(=O)[C@@](NC(=O)c1ccccc1F)(Nc1ccc(OC(F)(F)F)cc1)C(F)(F)F. The van der Waals surface area contributed by atoms with Gasteiger partial charge in [-0.25, -0.2) is 9.18 Å². The molecular weight excluding hydrogens is 453 g/mol. The first-order valence-corrected chi connectivity index (χ1v) is 8.74. The lowest BCUT2D eigenvalue weighted by molar-refractivity contribution is -0.274. The van der Waals surface area contributed by atoms with Crippen LogP contribution in [0.3, 0.4) is 0 Å². The van der Waals surface area contributed by atoms with Crippen molar-refractivity contribution in [1.29, 1.82) is 0 Å². The van der Waals surface area contributed by atoms with Crippen molar-refractivity contribution in [3.8, 4) is 5.75 Å². The van der Waals surface area contributed by atoms with Crippen LogP contribution in [0.25, 0.3) is 0 Å². The maximum Gasteiger partial charge on any atom is 0.573 e. The smallest absolute Gasteiger partial charge is 0.463 e. The monoisotopic (exact) mass is 468 g/mol. The van der Waals surface area contributed by atoms with Gasteiger partial charge in [-0.05, 0) is 43.3 Å². The lowest BCUT2D eigenvalue weighted by atomic mass is 10.1. The van der Waals surface area contributed by atoms with E-state index in [1.54, 1.807) is 5.32 Å². The van der Waals surface area contributed by atoms with Crippen molar-refractivity contribution < 1.29 is 49.8 Å². The summed E-state index contributed by atoms with van der Waals surface area (Å²) in [5.41, 5.74) is -5.21. The van der Waals surface area contributed by atoms with Crippen LogP contribution in [0.15, 0.2) is 48.5 Å². The van der Waals surface area contributed by atoms with Gasteiger partial charge in [-0.15, -0.1) is 13.2 Å². The molecule has 0 aliphatic rings. The molecule has 0 spiro atoms. The number of carbonyl (C=O) groups is 2. The Hall–Kier alpha value is -3.51. The van der Waals surface area contributed by atoms with Gasteiger partial charge in [0.1, 0.15) is 11.6 Å². The van der Waals surface area contributed by atoms with E-state index in [0.29, 0.717) is 12.1 Å². The minimum Gasteiger partial charge on any atom is -0.463 e. The molecule has 2 aromatic rings. The molecule has 0 bridgehead atoms. The molecule has 0 heterocycles. The maximum atomic E-state index is 14.1. The fourth-order valence-electron chi connectivity index (χ4n) is 2.47. The van der Waals surface area contributed by atoms with E-state index in [9.17, 15) is 40.3 Å². The molecule has 0 saturated heterocycles. The third-order valence-corrected chi connectivity index (χ3v) is 3.85. The topological polar surface area (TPSA) is 76.7 Å². The largest absolute Gasteiger partial charge is 0.573 e. The Kier molecular flexibility index (Phi) is 7.21. The number of ether oxygens (including phenoxy) is 2. The molecular formula is C19H15F7N2O4. The number of carbonyl (C=O) groups excluding carboxylic acids is 2. The van der Waals surface area contributed by atoms with Crippen LogP contribution < -0.4 is 15.4 Å². The number of hydrogen-bond acceptors (Lipinski definition) is 5. The molecule has 2 rings (SSSR count). The summed E-state index contributed by atoms with van der Waals surface area (Å²) in [7, 11) is 0. The number of alkyl halides is 6. The van der Waals surface area contributed by atoms with Crippen LogP contribution in [0.4, 0.5) is 36.4 Å². The highest BCUT2D eigenvalue weighted by Crippen LogP contribution is 2.34. The molecule has 0 unspecified atom stereocenters. The average molecular weight is 468 g/mol. The van der Waals surface area contributed by atoms with E-state index in [-0.39, 0.29) is 0 Å². The molecule has 0 saturated carbocycles. The van der Waals surface area contributed by atoms with Gasteiger partial charge in [0, 0.05) is 5.69 Å². The van der Waals surface area contributed by atoms with E-state index in [0.717, 1.165) is 24.3 Å². The number of hydrogen-bond donors (Lipinski definition) is 2. The Labute approximate surface area is 176 Å². The molecule has 0 aliphatic carbocycles. The van der Waals surface area contributed by atoms with Crippen LogP contribution in [0.2, 0.25) is 0 Å². The summed E-state index contributed by atoms with van der Waals surface area (Å²) in [4.78, 5) is 24.7. The van der Waals surface area contributed by atoms with Crippen molar-refractivity contribution in [3.63, 3.8) is 0 Å². The molecule has 1 atom stereocenters.